The number of aromatic nitrogens is 1. The van der Waals surface area contributed by atoms with E-state index in [1.54, 1.807) is 17.3 Å². The number of nitrogens with one attached hydrogen (secondary N) is 1. The number of carbonyl (C=O) groups is 1. The van der Waals surface area contributed by atoms with Crippen LogP contribution in [-0.2, 0) is 6.54 Å². The number of pyridine rings is 1. The zero-order valence-corrected chi connectivity index (χ0v) is 14.3. The highest BCUT2D eigenvalue weighted by molar-refractivity contribution is 6.33. The third-order valence-electron chi connectivity index (χ3n) is 4.35. The molecule has 1 fully saturated rings. The van der Waals surface area contributed by atoms with Gasteiger partial charge in [0.1, 0.15) is 6.54 Å². The number of non-ortho nitro benzene ring substituents is 1. The molecule has 0 atom stereocenters. The van der Waals surface area contributed by atoms with Gasteiger partial charge >= 0.3 is 0 Å². The topological polar surface area (TPSA) is 80.8 Å². The molecule has 8 heteroatoms. The van der Waals surface area contributed by atoms with Crippen molar-refractivity contribution in [2.45, 2.75) is 6.54 Å². The minimum atomic E-state index is -0.524. The molecule has 0 saturated carbocycles. The summed E-state index contributed by atoms with van der Waals surface area (Å²) in [6.07, 6.45) is 3.55. The molecule has 1 amide bonds. The maximum absolute atomic E-state index is 12.7. The first-order valence-corrected chi connectivity index (χ1v) is 8.38. The van der Waals surface area contributed by atoms with Gasteiger partial charge in [0.2, 0.25) is 0 Å². The largest absolute Gasteiger partial charge is 0.328 e. The van der Waals surface area contributed by atoms with Gasteiger partial charge in [-0.25, -0.2) is 0 Å². The number of hydrogen-bond donors (Lipinski definition) is 1. The number of piperazine rings is 1. The predicted molar refractivity (Wildman–Crippen MR) is 92.6 cm³/mol. The minimum absolute atomic E-state index is 0.130. The van der Waals surface area contributed by atoms with Crippen LogP contribution in [0.15, 0.2) is 42.7 Å². The molecule has 25 heavy (non-hydrogen) atoms. The second kappa shape index (κ2) is 7.58. The van der Waals surface area contributed by atoms with Crippen molar-refractivity contribution < 1.29 is 14.6 Å². The zero-order chi connectivity index (χ0) is 17.8. The van der Waals surface area contributed by atoms with E-state index in [2.05, 4.69) is 4.98 Å². The summed E-state index contributed by atoms with van der Waals surface area (Å²) in [5.74, 6) is -0.253. The Morgan fingerprint density at radius 1 is 1.24 bits per heavy atom. The molecule has 130 valence electrons. The SMILES string of the molecule is O=C(c1cc([N+](=O)[O-])ccc1Cl)N1CC[NH+](Cc2ccncc2)CC1. The molecule has 1 saturated heterocycles. The first kappa shape index (κ1) is 17.3. The van der Waals surface area contributed by atoms with E-state index < -0.39 is 4.92 Å². The fraction of sp³-hybridized carbons (Fsp3) is 0.294. The average molecular weight is 362 g/mol. The molecule has 2 heterocycles. The first-order valence-electron chi connectivity index (χ1n) is 8.00. The number of nitro groups is 1. The predicted octanol–water partition coefficient (Wildman–Crippen LogP) is 1.18. The van der Waals surface area contributed by atoms with Gasteiger partial charge in [0.05, 0.1) is 41.7 Å². The van der Waals surface area contributed by atoms with Gasteiger partial charge in [0, 0.05) is 30.1 Å². The van der Waals surface area contributed by atoms with Crippen molar-refractivity contribution in [2.75, 3.05) is 26.2 Å². The molecule has 1 aromatic carbocycles. The Hall–Kier alpha value is -2.51. The van der Waals surface area contributed by atoms with E-state index in [9.17, 15) is 14.9 Å². The summed E-state index contributed by atoms with van der Waals surface area (Å²) in [6, 6.07) is 7.94. The summed E-state index contributed by atoms with van der Waals surface area (Å²) in [7, 11) is 0. The number of nitro benzene ring substituents is 1. The molecule has 0 bridgehead atoms. The third-order valence-corrected chi connectivity index (χ3v) is 4.68. The number of halogens is 1. The molecular weight excluding hydrogens is 344 g/mol. The Bertz CT molecular complexity index is 777. The van der Waals surface area contributed by atoms with Crippen LogP contribution in [0.4, 0.5) is 5.69 Å². The number of carbonyl (C=O) groups excluding carboxylic acids is 1. The van der Waals surface area contributed by atoms with Crippen LogP contribution in [-0.4, -0.2) is 46.9 Å². The van der Waals surface area contributed by atoms with E-state index in [-0.39, 0.29) is 22.2 Å². The molecule has 0 unspecified atom stereocenters. The molecule has 1 aliphatic rings. The number of amides is 1. The molecule has 0 spiro atoms. The molecule has 1 aromatic heterocycles. The van der Waals surface area contributed by atoms with Crippen LogP contribution in [0.25, 0.3) is 0 Å². The smallest absolute Gasteiger partial charge is 0.270 e. The van der Waals surface area contributed by atoms with Crippen LogP contribution in [0, 0.1) is 10.1 Å². The van der Waals surface area contributed by atoms with Crippen molar-refractivity contribution in [3.63, 3.8) is 0 Å². The van der Waals surface area contributed by atoms with Crippen molar-refractivity contribution in [2.24, 2.45) is 0 Å². The fourth-order valence-electron chi connectivity index (χ4n) is 2.95. The van der Waals surface area contributed by atoms with Crippen molar-refractivity contribution in [1.82, 2.24) is 9.88 Å². The van der Waals surface area contributed by atoms with E-state index in [0.717, 1.165) is 19.6 Å². The zero-order valence-electron chi connectivity index (χ0n) is 13.5. The molecule has 3 rings (SSSR count). The highest BCUT2D eigenvalue weighted by atomic mass is 35.5. The normalized spacial score (nSPS) is 15.2. The summed E-state index contributed by atoms with van der Waals surface area (Å²) in [6.45, 7) is 3.72. The van der Waals surface area contributed by atoms with Gasteiger partial charge < -0.3 is 9.80 Å². The highest BCUT2D eigenvalue weighted by Crippen LogP contribution is 2.23. The van der Waals surface area contributed by atoms with Crippen LogP contribution >= 0.6 is 11.6 Å². The number of benzene rings is 1. The summed E-state index contributed by atoms with van der Waals surface area (Å²) in [5.41, 5.74) is 1.27. The Balaban J connectivity index is 1.64. The minimum Gasteiger partial charge on any atom is -0.328 e. The van der Waals surface area contributed by atoms with Crippen molar-refractivity contribution >= 4 is 23.2 Å². The summed E-state index contributed by atoms with van der Waals surface area (Å²) in [5, 5.41) is 11.1. The maximum Gasteiger partial charge on any atom is 0.270 e. The van der Waals surface area contributed by atoms with Gasteiger partial charge in [0.15, 0.2) is 0 Å². The lowest BCUT2D eigenvalue weighted by atomic mass is 10.1. The Kier molecular flexibility index (Phi) is 5.25. The number of quaternary nitrogens is 1. The molecule has 0 radical (unpaired) electrons. The van der Waals surface area contributed by atoms with Crippen LogP contribution in [0.5, 0.6) is 0 Å². The van der Waals surface area contributed by atoms with Gasteiger partial charge in [-0.3, -0.25) is 19.9 Å². The van der Waals surface area contributed by atoms with Crippen molar-refractivity contribution in [3.8, 4) is 0 Å². The maximum atomic E-state index is 12.7. The molecule has 1 N–H and O–H groups in total. The standard InChI is InChI=1S/C17H17ClN4O3/c18-16-2-1-14(22(24)25)11-15(16)17(23)21-9-7-20(8-10-21)12-13-3-5-19-6-4-13/h1-6,11H,7-10,12H2/p+1. The van der Waals surface area contributed by atoms with Gasteiger partial charge in [-0.2, -0.15) is 0 Å². The number of rotatable bonds is 4. The Morgan fingerprint density at radius 2 is 1.92 bits per heavy atom. The van der Waals surface area contributed by atoms with Crippen LogP contribution in [0.3, 0.4) is 0 Å². The van der Waals surface area contributed by atoms with Gasteiger partial charge in [0.25, 0.3) is 11.6 Å². The molecule has 7 nitrogen and oxygen atoms in total. The Morgan fingerprint density at radius 3 is 2.56 bits per heavy atom. The lowest BCUT2D eigenvalue weighted by molar-refractivity contribution is -0.917. The van der Waals surface area contributed by atoms with E-state index in [4.69, 9.17) is 11.6 Å². The first-order chi connectivity index (χ1) is 12.0. The van der Waals surface area contributed by atoms with E-state index in [1.807, 2.05) is 12.1 Å². The summed E-state index contributed by atoms with van der Waals surface area (Å²) in [4.78, 5) is 30.2. The van der Waals surface area contributed by atoms with Crippen LogP contribution in [0.1, 0.15) is 15.9 Å². The lowest BCUT2D eigenvalue weighted by Gasteiger charge is -2.32. The molecule has 0 aliphatic carbocycles. The quantitative estimate of drug-likeness (QED) is 0.655. The van der Waals surface area contributed by atoms with E-state index >= 15 is 0 Å². The Labute approximate surface area is 150 Å². The molecular formula is C17H18ClN4O3+. The van der Waals surface area contributed by atoms with Crippen molar-refractivity contribution in [3.05, 3.63) is 69.0 Å². The second-order valence-electron chi connectivity index (χ2n) is 6.00. The van der Waals surface area contributed by atoms with E-state index in [0.29, 0.717) is 13.1 Å². The molecule has 2 aromatic rings. The van der Waals surface area contributed by atoms with Gasteiger partial charge in [-0.05, 0) is 18.2 Å². The lowest BCUT2D eigenvalue weighted by Crippen LogP contribution is -3.13. The van der Waals surface area contributed by atoms with Gasteiger partial charge in [-0.15, -0.1) is 0 Å². The number of hydrogen-bond acceptors (Lipinski definition) is 4. The van der Waals surface area contributed by atoms with Gasteiger partial charge in [-0.1, -0.05) is 11.6 Å². The van der Waals surface area contributed by atoms with E-state index in [1.165, 1.54) is 28.7 Å². The van der Waals surface area contributed by atoms with Crippen LogP contribution in [0.2, 0.25) is 5.02 Å². The monoisotopic (exact) mass is 361 g/mol. The average Bonchev–Trinajstić information content (AvgIpc) is 2.63. The summed E-state index contributed by atoms with van der Waals surface area (Å²) >= 11 is 6.07. The molecule has 1 aliphatic heterocycles. The number of nitrogens with zero attached hydrogens (tertiary/aromatic N) is 3. The van der Waals surface area contributed by atoms with Crippen molar-refractivity contribution in [1.29, 1.82) is 0 Å². The second-order valence-corrected chi connectivity index (χ2v) is 6.40. The van der Waals surface area contributed by atoms with Crippen LogP contribution < -0.4 is 4.90 Å². The third kappa shape index (κ3) is 4.12. The fourth-order valence-corrected chi connectivity index (χ4v) is 3.15. The highest BCUT2D eigenvalue weighted by Gasteiger charge is 2.27. The summed E-state index contributed by atoms with van der Waals surface area (Å²) < 4.78 is 0.